The fourth-order valence-electron chi connectivity index (χ4n) is 3.37. The molecule has 0 saturated carbocycles. The Balaban J connectivity index is 1.69. The Morgan fingerprint density at radius 1 is 1.58 bits per heavy atom. The minimum Gasteiger partial charge on any atom is -0.465 e. The molecule has 12 nitrogen and oxygen atoms in total. The van der Waals surface area contributed by atoms with Gasteiger partial charge in [0.1, 0.15) is 25.0 Å². The van der Waals surface area contributed by atoms with Crippen molar-refractivity contribution >= 4 is 31.0 Å². The van der Waals surface area contributed by atoms with E-state index in [4.69, 9.17) is 26.2 Å². The number of carbonyl (C=O) groups excluding carboxylic acids is 1. The molecular weight excluding hydrogens is 458 g/mol. The number of esters is 1. The molecule has 2 aromatic heterocycles. The molecule has 3 heterocycles. The van der Waals surface area contributed by atoms with Crippen molar-refractivity contribution in [2.24, 2.45) is 0 Å². The molecule has 14 heteroatoms. The summed E-state index contributed by atoms with van der Waals surface area (Å²) in [6, 6.07) is -0.703. The number of nitrogens with two attached hydrogens (primary N) is 1. The molecule has 0 aromatic carbocycles. The van der Waals surface area contributed by atoms with E-state index < -0.39 is 56.4 Å². The van der Waals surface area contributed by atoms with E-state index in [-0.39, 0.29) is 30.0 Å². The number of terminal acetylenes is 1. The van der Waals surface area contributed by atoms with E-state index in [0.717, 1.165) is 0 Å². The van der Waals surface area contributed by atoms with Crippen molar-refractivity contribution in [3.8, 4) is 12.3 Å². The lowest BCUT2D eigenvalue weighted by molar-refractivity contribution is -0.145. The molecule has 0 aliphatic carbocycles. The fraction of sp³-hybridized carbons (Fsp3) is 0.579. The van der Waals surface area contributed by atoms with Crippen LogP contribution in [-0.4, -0.2) is 67.3 Å². The van der Waals surface area contributed by atoms with E-state index in [1.165, 1.54) is 10.9 Å². The molecule has 3 rings (SSSR count). The number of imidazole rings is 1. The van der Waals surface area contributed by atoms with Crippen molar-refractivity contribution in [1.82, 2.24) is 24.8 Å². The molecule has 1 aliphatic heterocycles. The van der Waals surface area contributed by atoms with Crippen molar-refractivity contribution in [3.05, 3.63) is 12.4 Å². The second-order valence-corrected chi connectivity index (χ2v) is 9.04. The van der Waals surface area contributed by atoms with Crippen LogP contribution in [0.4, 0.5) is 10.2 Å². The molecule has 0 radical (unpaired) electrons. The van der Waals surface area contributed by atoms with Crippen LogP contribution in [0.1, 0.15) is 33.4 Å². The minimum atomic E-state index is -2.34. The summed E-state index contributed by atoms with van der Waals surface area (Å²) in [4.78, 5) is 22.9. The maximum Gasteiger partial charge on any atom is 0.527 e. The van der Waals surface area contributed by atoms with Crippen LogP contribution in [0.2, 0.25) is 0 Å². The molecule has 1 saturated heterocycles. The number of aromatic nitrogens is 4. The topological polar surface area (TPSA) is 164 Å². The van der Waals surface area contributed by atoms with Gasteiger partial charge < -0.3 is 20.3 Å². The summed E-state index contributed by atoms with van der Waals surface area (Å²) in [5, 5.41) is 13.5. The number of fused-ring (bicyclic) bond motifs is 1. The number of nitrogens with zero attached hydrogens (tertiary/aromatic N) is 4. The molecule has 33 heavy (non-hydrogen) atoms. The Morgan fingerprint density at radius 3 is 2.97 bits per heavy atom. The Labute approximate surface area is 189 Å². The molecule has 0 amide bonds. The average molecular weight is 483 g/mol. The first-order chi connectivity index (χ1) is 15.6. The van der Waals surface area contributed by atoms with E-state index in [2.05, 4.69) is 26.2 Å². The van der Waals surface area contributed by atoms with Gasteiger partial charge in [0, 0.05) is 6.42 Å². The highest BCUT2D eigenvalue weighted by atomic mass is 31.1. The number of hydrogen-bond acceptors (Lipinski definition) is 11. The van der Waals surface area contributed by atoms with Crippen molar-refractivity contribution < 1.29 is 32.9 Å². The second kappa shape index (κ2) is 10.0. The zero-order valence-corrected chi connectivity index (χ0v) is 19.2. The van der Waals surface area contributed by atoms with Crippen molar-refractivity contribution in [1.29, 1.82) is 0 Å². The minimum absolute atomic E-state index is 0.00895. The molecular formula is C19H25FN6O6P+. The zero-order valence-electron chi connectivity index (χ0n) is 18.3. The fourth-order valence-corrected chi connectivity index (χ4v) is 4.26. The summed E-state index contributed by atoms with van der Waals surface area (Å²) in [6.45, 7) is 4.66. The summed E-state index contributed by atoms with van der Waals surface area (Å²) in [5.74, 6) is 1.03. The number of carbonyl (C=O) groups is 1. The third-order valence-corrected chi connectivity index (χ3v) is 6.30. The lowest BCUT2D eigenvalue weighted by Crippen LogP contribution is -2.43. The number of aliphatic hydroxyl groups is 1. The highest BCUT2D eigenvalue weighted by Crippen LogP contribution is 2.40. The van der Waals surface area contributed by atoms with Crippen LogP contribution in [0.25, 0.3) is 11.2 Å². The number of anilines is 1. The second-order valence-electron chi connectivity index (χ2n) is 7.43. The summed E-state index contributed by atoms with van der Waals surface area (Å²) in [6.07, 6.45) is 3.87. The summed E-state index contributed by atoms with van der Waals surface area (Å²) < 4.78 is 43.8. The highest BCUT2D eigenvalue weighted by molar-refractivity contribution is 7.39. The number of aliphatic hydroxyl groups excluding tert-OH is 1. The van der Waals surface area contributed by atoms with E-state index in [0.29, 0.717) is 0 Å². The first-order valence-electron chi connectivity index (χ1n) is 10.1. The third kappa shape index (κ3) is 5.10. The van der Waals surface area contributed by atoms with Crippen LogP contribution in [0.15, 0.2) is 6.33 Å². The molecule has 0 spiro atoms. The van der Waals surface area contributed by atoms with E-state index >= 15 is 0 Å². The maximum absolute atomic E-state index is 13.7. The number of ether oxygens (including phenoxy) is 2. The summed E-state index contributed by atoms with van der Waals surface area (Å²) in [5.41, 5.74) is 4.29. The van der Waals surface area contributed by atoms with E-state index in [1.807, 2.05) is 0 Å². The Morgan fingerprint density at radius 2 is 2.30 bits per heavy atom. The SMILES string of the molecule is C#C[C@]1(CO[P+](=O)C(C)N[C@@H](C)C(=O)OCC)O[C@@H](n2cnc3c(N)nc(F)nc32)C[C@@H]1O. The molecule has 178 valence electrons. The smallest absolute Gasteiger partial charge is 0.465 e. The Hall–Kier alpha value is -2.75. The zero-order chi connectivity index (χ0) is 24.3. The number of nitrogens with one attached hydrogen (secondary N) is 1. The van der Waals surface area contributed by atoms with Crippen LogP contribution in [0, 0.1) is 18.4 Å². The maximum atomic E-state index is 13.7. The highest BCUT2D eigenvalue weighted by Gasteiger charge is 2.51. The van der Waals surface area contributed by atoms with Gasteiger partial charge in [-0.05, 0) is 25.3 Å². The number of rotatable bonds is 9. The molecule has 2 aromatic rings. The number of halogens is 1. The van der Waals surface area contributed by atoms with Gasteiger partial charge in [-0.25, -0.2) is 4.98 Å². The quantitative estimate of drug-likeness (QED) is 0.200. The standard InChI is InChI=1S/C19H25FN6O6P/c1-5-19(8-31-33(29)11(4)23-10(3)17(28)30-6-2)12(27)7-13(32-19)26-9-22-14-15(21)24-18(20)25-16(14)26/h1,9-13,23,27H,6-8H2,2-4H3,(H2,21,24,25)/q+1/t10-,11?,12-,13+,19+/m0/s1. The first-order valence-corrected chi connectivity index (χ1v) is 11.4. The van der Waals surface area contributed by atoms with Crippen LogP contribution >= 0.6 is 8.03 Å². The van der Waals surface area contributed by atoms with Crippen LogP contribution in [-0.2, 0) is 23.4 Å². The van der Waals surface area contributed by atoms with Crippen molar-refractivity contribution in [3.63, 3.8) is 0 Å². The largest absolute Gasteiger partial charge is 0.527 e. The monoisotopic (exact) mass is 483 g/mol. The molecule has 1 fully saturated rings. The Kier molecular flexibility index (Phi) is 7.56. The van der Waals surface area contributed by atoms with Crippen LogP contribution in [0.5, 0.6) is 0 Å². The van der Waals surface area contributed by atoms with Gasteiger partial charge >= 0.3 is 20.1 Å². The first kappa shape index (κ1) is 24.9. The van der Waals surface area contributed by atoms with Gasteiger partial charge in [0.2, 0.25) is 5.78 Å². The molecule has 1 aliphatic rings. The van der Waals surface area contributed by atoms with E-state index in [1.54, 1.807) is 20.8 Å². The van der Waals surface area contributed by atoms with E-state index in [9.17, 15) is 18.9 Å². The molecule has 2 unspecified atom stereocenters. The van der Waals surface area contributed by atoms with Gasteiger partial charge in [-0.1, -0.05) is 5.92 Å². The van der Waals surface area contributed by atoms with Crippen molar-refractivity contribution in [2.75, 3.05) is 18.9 Å². The average Bonchev–Trinajstić information content (AvgIpc) is 3.33. The lowest BCUT2D eigenvalue weighted by atomic mass is 9.99. The van der Waals surface area contributed by atoms with Gasteiger partial charge in [0.15, 0.2) is 22.6 Å². The summed E-state index contributed by atoms with van der Waals surface area (Å²) in [7, 11) is -2.34. The predicted molar refractivity (Wildman–Crippen MR) is 114 cm³/mol. The van der Waals surface area contributed by atoms with Gasteiger partial charge in [0.25, 0.3) is 0 Å². The van der Waals surface area contributed by atoms with Gasteiger partial charge in [-0.3, -0.25) is 14.7 Å². The summed E-state index contributed by atoms with van der Waals surface area (Å²) >= 11 is 0. The van der Waals surface area contributed by atoms with Gasteiger partial charge in [-0.2, -0.15) is 14.4 Å². The molecule has 4 N–H and O–H groups in total. The normalized spacial score (nSPS) is 24.9. The predicted octanol–water partition coefficient (Wildman–Crippen LogP) is 0.846. The molecule has 6 atom stereocenters. The van der Waals surface area contributed by atoms with Gasteiger partial charge in [-0.15, -0.1) is 10.9 Å². The van der Waals surface area contributed by atoms with Crippen molar-refractivity contribution in [2.45, 2.75) is 56.9 Å². The Bertz CT molecular complexity index is 1090. The number of hydrogen-bond donors (Lipinski definition) is 3. The van der Waals surface area contributed by atoms with Gasteiger partial charge in [0.05, 0.1) is 12.9 Å². The lowest BCUT2D eigenvalue weighted by Gasteiger charge is -2.24. The van der Waals surface area contributed by atoms with Crippen LogP contribution in [0.3, 0.4) is 0 Å². The van der Waals surface area contributed by atoms with Crippen LogP contribution < -0.4 is 11.1 Å². The number of nitrogen functional groups attached to an aromatic ring is 1. The molecule has 0 bridgehead atoms. The third-order valence-electron chi connectivity index (χ3n) is 5.14.